The SMILES string of the molecule is CCNC(=NCC1CCN(c2ccccc2OC)C1)N1CCOC(c2ccccc2C)C1.I. The Morgan fingerprint density at radius 3 is 2.70 bits per heavy atom. The smallest absolute Gasteiger partial charge is 0.194 e. The normalized spacial score (nSPS) is 21.0. The number of benzene rings is 2. The lowest BCUT2D eigenvalue weighted by molar-refractivity contribution is -0.00834. The summed E-state index contributed by atoms with van der Waals surface area (Å²) >= 11 is 0. The molecule has 33 heavy (non-hydrogen) atoms. The molecular weight excluding hydrogens is 527 g/mol. The van der Waals surface area contributed by atoms with Crippen LogP contribution in [0.3, 0.4) is 0 Å². The number of morpholine rings is 1. The Morgan fingerprint density at radius 2 is 1.91 bits per heavy atom. The second kappa shape index (κ2) is 12.5. The van der Waals surface area contributed by atoms with Crippen LogP contribution in [-0.2, 0) is 4.74 Å². The number of hydrogen-bond acceptors (Lipinski definition) is 4. The molecule has 180 valence electrons. The van der Waals surface area contributed by atoms with E-state index in [1.54, 1.807) is 7.11 Å². The quantitative estimate of drug-likeness (QED) is 0.319. The Kier molecular flexibility index (Phi) is 9.67. The van der Waals surface area contributed by atoms with E-state index in [4.69, 9.17) is 14.5 Å². The first-order chi connectivity index (χ1) is 15.7. The number of rotatable bonds is 6. The van der Waals surface area contributed by atoms with E-state index in [1.807, 2.05) is 12.1 Å². The van der Waals surface area contributed by atoms with E-state index in [0.29, 0.717) is 12.5 Å². The summed E-state index contributed by atoms with van der Waals surface area (Å²) in [6.07, 6.45) is 1.23. The molecule has 1 N–H and O–H groups in total. The van der Waals surface area contributed by atoms with Crippen LogP contribution in [-0.4, -0.2) is 63.8 Å². The van der Waals surface area contributed by atoms with E-state index in [1.165, 1.54) is 16.8 Å². The van der Waals surface area contributed by atoms with Crippen molar-refractivity contribution in [2.24, 2.45) is 10.9 Å². The fourth-order valence-corrected chi connectivity index (χ4v) is 4.71. The average molecular weight is 565 g/mol. The van der Waals surface area contributed by atoms with Gasteiger partial charge in [0.25, 0.3) is 0 Å². The van der Waals surface area contributed by atoms with Crippen LogP contribution in [0.4, 0.5) is 5.69 Å². The van der Waals surface area contributed by atoms with Crippen molar-refractivity contribution < 1.29 is 9.47 Å². The molecule has 4 rings (SSSR count). The highest BCUT2D eigenvalue weighted by Gasteiger charge is 2.27. The molecule has 2 aliphatic rings. The van der Waals surface area contributed by atoms with Gasteiger partial charge in [-0.05, 0) is 49.4 Å². The Morgan fingerprint density at radius 1 is 1.12 bits per heavy atom. The van der Waals surface area contributed by atoms with Crippen LogP contribution < -0.4 is 15.0 Å². The predicted molar refractivity (Wildman–Crippen MR) is 146 cm³/mol. The summed E-state index contributed by atoms with van der Waals surface area (Å²) < 4.78 is 11.7. The van der Waals surface area contributed by atoms with Crippen molar-refractivity contribution in [3.8, 4) is 5.75 Å². The highest BCUT2D eigenvalue weighted by atomic mass is 127. The Balaban J connectivity index is 0.00000306. The van der Waals surface area contributed by atoms with Gasteiger partial charge in [0.2, 0.25) is 0 Å². The van der Waals surface area contributed by atoms with E-state index >= 15 is 0 Å². The number of ether oxygens (including phenoxy) is 2. The fourth-order valence-electron chi connectivity index (χ4n) is 4.71. The third-order valence-electron chi connectivity index (χ3n) is 6.45. The lowest BCUT2D eigenvalue weighted by Gasteiger charge is -2.36. The Labute approximate surface area is 215 Å². The van der Waals surface area contributed by atoms with E-state index in [2.05, 4.69) is 65.4 Å². The summed E-state index contributed by atoms with van der Waals surface area (Å²) in [6.45, 7) is 10.5. The maximum absolute atomic E-state index is 6.12. The number of nitrogens with one attached hydrogen (secondary N) is 1. The predicted octanol–water partition coefficient (Wildman–Crippen LogP) is 4.49. The maximum atomic E-state index is 6.12. The summed E-state index contributed by atoms with van der Waals surface area (Å²) in [5.74, 6) is 2.49. The summed E-state index contributed by atoms with van der Waals surface area (Å²) in [5, 5.41) is 3.51. The molecule has 2 aliphatic heterocycles. The fraction of sp³-hybridized carbons (Fsp3) is 0.500. The van der Waals surface area contributed by atoms with Gasteiger partial charge in [-0.15, -0.1) is 24.0 Å². The molecule has 2 saturated heterocycles. The molecular formula is C26H37IN4O2. The topological polar surface area (TPSA) is 49.3 Å². The van der Waals surface area contributed by atoms with E-state index < -0.39 is 0 Å². The summed E-state index contributed by atoms with van der Waals surface area (Å²) in [5.41, 5.74) is 3.74. The molecule has 6 nitrogen and oxygen atoms in total. The number of aryl methyl sites for hydroxylation is 1. The van der Waals surface area contributed by atoms with Gasteiger partial charge in [0.05, 0.1) is 25.9 Å². The summed E-state index contributed by atoms with van der Waals surface area (Å²) in [6, 6.07) is 16.8. The zero-order valence-electron chi connectivity index (χ0n) is 20.0. The molecule has 0 amide bonds. The van der Waals surface area contributed by atoms with Gasteiger partial charge in [-0.3, -0.25) is 4.99 Å². The van der Waals surface area contributed by atoms with Crippen molar-refractivity contribution in [1.29, 1.82) is 0 Å². The summed E-state index contributed by atoms with van der Waals surface area (Å²) in [7, 11) is 1.74. The number of hydrogen-bond donors (Lipinski definition) is 1. The van der Waals surface area contributed by atoms with Gasteiger partial charge in [-0.2, -0.15) is 0 Å². The minimum Gasteiger partial charge on any atom is -0.495 e. The first-order valence-corrected chi connectivity index (χ1v) is 11.8. The van der Waals surface area contributed by atoms with Crippen molar-refractivity contribution >= 4 is 35.6 Å². The molecule has 0 aliphatic carbocycles. The number of methoxy groups -OCH3 is 1. The van der Waals surface area contributed by atoms with Crippen molar-refractivity contribution in [2.45, 2.75) is 26.4 Å². The second-order valence-electron chi connectivity index (χ2n) is 8.63. The van der Waals surface area contributed by atoms with Crippen LogP contribution in [0.2, 0.25) is 0 Å². The molecule has 0 spiro atoms. The number of aliphatic imine (C=N–C) groups is 1. The number of nitrogens with zero attached hydrogens (tertiary/aromatic N) is 3. The van der Waals surface area contributed by atoms with Gasteiger partial charge >= 0.3 is 0 Å². The molecule has 0 saturated carbocycles. The van der Waals surface area contributed by atoms with Crippen LogP contribution in [0, 0.1) is 12.8 Å². The van der Waals surface area contributed by atoms with Gasteiger partial charge in [0.15, 0.2) is 5.96 Å². The molecule has 2 unspecified atom stereocenters. The molecule has 7 heteroatoms. The molecule has 0 bridgehead atoms. The van der Waals surface area contributed by atoms with E-state index in [0.717, 1.165) is 57.4 Å². The molecule has 2 atom stereocenters. The van der Waals surface area contributed by atoms with E-state index in [9.17, 15) is 0 Å². The largest absolute Gasteiger partial charge is 0.495 e. The van der Waals surface area contributed by atoms with Crippen LogP contribution in [0.25, 0.3) is 0 Å². The maximum Gasteiger partial charge on any atom is 0.194 e. The van der Waals surface area contributed by atoms with Gasteiger partial charge < -0.3 is 24.6 Å². The van der Waals surface area contributed by atoms with Gasteiger partial charge in [-0.25, -0.2) is 0 Å². The minimum absolute atomic E-state index is 0. The second-order valence-corrected chi connectivity index (χ2v) is 8.63. The Hall–Kier alpha value is -2.00. The average Bonchev–Trinajstić information content (AvgIpc) is 3.31. The van der Waals surface area contributed by atoms with Gasteiger partial charge in [0.1, 0.15) is 11.9 Å². The molecule has 2 aromatic carbocycles. The van der Waals surface area contributed by atoms with Crippen molar-refractivity contribution in [2.75, 3.05) is 57.9 Å². The molecule has 2 aromatic rings. The van der Waals surface area contributed by atoms with Crippen LogP contribution in [0.1, 0.15) is 30.6 Å². The van der Waals surface area contributed by atoms with Crippen LogP contribution in [0.15, 0.2) is 53.5 Å². The number of para-hydroxylation sites is 2. The summed E-state index contributed by atoms with van der Waals surface area (Å²) in [4.78, 5) is 9.84. The molecule has 2 fully saturated rings. The van der Waals surface area contributed by atoms with Gasteiger partial charge in [-0.1, -0.05) is 36.4 Å². The van der Waals surface area contributed by atoms with E-state index in [-0.39, 0.29) is 30.1 Å². The van der Waals surface area contributed by atoms with Crippen LogP contribution >= 0.6 is 24.0 Å². The van der Waals surface area contributed by atoms with Gasteiger partial charge in [0, 0.05) is 32.7 Å². The number of halogens is 1. The molecule has 2 heterocycles. The van der Waals surface area contributed by atoms with Crippen molar-refractivity contribution in [1.82, 2.24) is 10.2 Å². The first-order valence-electron chi connectivity index (χ1n) is 11.8. The zero-order chi connectivity index (χ0) is 22.3. The lowest BCUT2D eigenvalue weighted by Crippen LogP contribution is -2.48. The number of anilines is 1. The highest BCUT2D eigenvalue weighted by molar-refractivity contribution is 14.0. The monoisotopic (exact) mass is 564 g/mol. The zero-order valence-corrected chi connectivity index (χ0v) is 22.3. The minimum atomic E-state index is 0. The van der Waals surface area contributed by atoms with Crippen molar-refractivity contribution in [3.63, 3.8) is 0 Å². The molecule has 0 aromatic heterocycles. The molecule has 0 radical (unpaired) electrons. The Bertz CT molecular complexity index is 923. The third-order valence-corrected chi connectivity index (χ3v) is 6.45. The standard InChI is InChI=1S/C26H36N4O2.HI/c1-4-27-26(30-15-16-32-25(19-30)22-10-6-5-9-20(22)2)28-17-21-13-14-29(18-21)23-11-7-8-12-24(23)31-3;/h5-12,21,25H,4,13-19H2,1-3H3,(H,27,28);1H. The third kappa shape index (κ3) is 6.32. The lowest BCUT2D eigenvalue weighted by atomic mass is 10.0. The van der Waals surface area contributed by atoms with Crippen LogP contribution in [0.5, 0.6) is 5.75 Å². The highest BCUT2D eigenvalue weighted by Crippen LogP contribution is 2.32. The first kappa shape index (κ1) is 25.6. The van der Waals surface area contributed by atoms with Crippen molar-refractivity contribution in [3.05, 3.63) is 59.7 Å². The number of guanidine groups is 1.